The van der Waals surface area contributed by atoms with Crippen molar-refractivity contribution in [2.75, 3.05) is 13.0 Å². The zero-order valence-corrected chi connectivity index (χ0v) is 14.7. The van der Waals surface area contributed by atoms with Gasteiger partial charge in [0, 0.05) is 6.26 Å². The number of hydrogen-bond acceptors (Lipinski definition) is 4. The molecule has 0 unspecified atom stereocenters. The van der Waals surface area contributed by atoms with Crippen LogP contribution in [0.15, 0.2) is 65.6 Å². The van der Waals surface area contributed by atoms with Gasteiger partial charge in [0.25, 0.3) is 0 Å². The summed E-state index contributed by atoms with van der Waals surface area (Å²) < 4.78 is 48.0. The summed E-state index contributed by atoms with van der Waals surface area (Å²) in [6.45, 7) is 0.133. The van der Waals surface area contributed by atoms with E-state index >= 15 is 0 Å². The highest BCUT2D eigenvalue weighted by atomic mass is 32.2. The SMILES string of the molecule is CS(=O)(=O)c1ccc(-c2cc3c(cc2-c2cccc(F)c2)OCO3)cc1. The van der Waals surface area contributed by atoms with E-state index in [1.807, 2.05) is 18.2 Å². The van der Waals surface area contributed by atoms with Crippen molar-refractivity contribution >= 4 is 9.84 Å². The topological polar surface area (TPSA) is 52.6 Å². The molecule has 0 fully saturated rings. The van der Waals surface area contributed by atoms with Crippen LogP contribution >= 0.6 is 0 Å². The van der Waals surface area contributed by atoms with Gasteiger partial charge >= 0.3 is 0 Å². The van der Waals surface area contributed by atoms with Crippen LogP contribution in [0.5, 0.6) is 11.5 Å². The van der Waals surface area contributed by atoms with Gasteiger partial charge in [-0.25, -0.2) is 12.8 Å². The Morgan fingerprint density at radius 1 is 0.846 bits per heavy atom. The van der Waals surface area contributed by atoms with Crippen molar-refractivity contribution in [3.63, 3.8) is 0 Å². The third-order valence-electron chi connectivity index (χ3n) is 4.24. The van der Waals surface area contributed by atoms with Gasteiger partial charge in [0.15, 0.2) is 21.3 Å². The molecule has 6 heteroatoms. The second-order valence-electron chi connectivity index (χ2n) is 6.06. The molecule has 0 saturated heterocycles. The highest BCUT2D eigenvalue weighted by Crippen LogP contribution is 2.43. The molecule has 0 aliphatic carbocycles. The molecule has 1 aliphatic heterocycles. The van der Waals surface area contributed by atoms with Crippen LogP contribution in [0.3, 0.4) is 0 Å². The van der Waals surface area contributed by atoms with E-state index in [1.54, 1.807) is 30.3 Å². The molecule has 0 aromatic heterocycles. The van der Waals surface area contributed by atoms with Crippen molar-refractivity contribution < 1.29 is 22.3 Å². The fourth-order valence-electron chi connectivity index (χ4n) is 2.96. The molecule has 1 heterocycles. The minimum atomic E-state index is -3.27. The summed E-state index contributed by atoms with van der Waals surface area (Å²) in [5.74, 6) is 0.867. The first-order valence-electron chi connectivity index (χ1n) is 7.92. The van der Waals surface area contributed by atoms with Gasteiger partial charge in [-0.1, -0.05) is 24.3 Å². The van der Waals surface area contributed by atoms with Gasteiger partial charge in [0.1, 0.15) is 5.82 Å². The summed E-state index contributed by atoms with van der Waals surface area (Å²) in [4.78, 5) is 0.245. The Morgan fingerprint density at radius 3 is 2.04 bits per heavy atom. The standard InChI is InChI=1S/C20H15FO4S/c1-26(22,23)16-7-5-13(6-8-16)17-10-19-20(25-12-24-19)11-18(17)14-3-2-4-15(21)9-14/h2-11H,12H2,1H3. The van der Waals surface area contributed by atoms with Crippen LogP contribution in [0.1, 0.15) is 0 Å². The minimum Gasteiger partial charge on any atom is -0.454 e. The Bertz CT molecular complexity index is 1090. The summed E-state index contributed by atoms with van der Waals surface area (Å²) >= 11 is 0. The second kappa shape index (κ2) is 6.14. The highest BCUT2D eigenvalue weighted by molar-refractivity contribution is 7.90. The zero-order chi connectivity index (χ0) is 18.3. The van der Waals surface area contributed by atoms with Crippen LogP contribution in [0.2, 0.25) is 0 Å². The van der Waals surface area contributed by atoms with Crippen LogP contribution in [0.4, 0.5) is 4.39 Å². The molecule has 0 bridgehead atoms. The van der Waals surface area contributed by atoms with E-state index in [0.717, 1.165) is 16.7 Å². The predicted molar refractivity (Wildman–Crippen MR) is 96.5 cm³/mol. The zero-order valence-electron chi connectivity index (χ0n) is 13.9. The fourth-order valence-corrected chi connectivity index (χ4v) is 3.59. The van der Waals surface area contributed by atoms with E-state index in [2.05, 4.69) is 0 Å². The summed E-state index contributed by atoms with van der Waals surface area (Å²) in [6, 6.07) is 16.5. The van der Waals surface area contributed by atoms with Crippen molar-refractivity contribution in [1.29, 1.82) is 0 Å². The number of rotatable bonds is 3. The van der Waals surface area contributed by atoms with E-state index < -0.39 is 9.84 Å². The van der Waals surface area contributed by atoms with Crippen molar-refractivity contribution in [1.82, 2.24) is 0 Å². The summed E-state index contributed by atoms with van der Waals surface area (Å²) in [6.07, 6.45) is 1.17. The molecule has 0 saturated carbocycles. The lowest BCUT2D eigenvalue weighted by Gasteiger charge is -2.12. The molecule has 0 spiro atoms. The first-order valence-corrected chi connectivity index (χ1v) is 9.81. The smallest absolute Gasteiger partial charge is 0.231 e. The van der Waals surface area contributed by atoms with Gasteiger partial charge < -0.3 is 9.47 Å². The molecular formula is C20H15FO4S. The third-order valence-corrected chi connectivity index (χ3v) is 5.37. The monoisotopic (exact) mass is 370 g/mol. The molecule has 132 valence electrons. The summed E-state index contributed by atoms with van der Waals surface area (Å²) in [5.41, 5.74) is 3.08. The Hall–Kier alpha value is -2.86. The molecule has 4 rings (SSSR count). The number of sulfone groups is 1. The van der Waals surface area contributed by atoms with Crippen molar-refractivity contribution in [3.8, 4) is 33.8 Å². The van der Waals surface area contributed by atoms with Gasteiger partial charge in [0.05, 0.1) is 4.90 Å². The van der Waals surface area contributed by atoms with Gasteiger partial charge in [0.2, 0.25) is 6.79 Å². The molecule has 3 aromatic rings. The Kier molecular flexibility index (Phi) is 3.92. The van der Waals surface area contributed by atoms with Crippen LogP contribution in [0.25, 0.3) is 22.3 Å². The van der Waals surface area contributed by atoms with Crippen molar-refractivity contribution in [2.45, 2.75) is 4.90 Å². The second-order valence-corrected chi connectivity index (χ2v) is 8.07. The largest absolute Gasteiger partial charge is 0.454 e. The molecule has 4 nitrogen and oxygen atoms in total. The van der Waals surface area contributed by atoms with Crippen LogP contribution in [0, 0.1) is 5.82 Å². The Morgan fingerprint density at radius 2 is 1.46 bits per heavy atom. The van der Waals surface area contributed by atoms with Crippen molar-refractivity contribution in [2.24, 2.45) is 0 Å². The predicted octanol–water partition coefficient (Wildman–Crippen LogP) is 4.29. The number of hydrogen-bond donors (Lipinski definition) is 0. The summed E-state index contributed by atoms with van der Waals surface area (Å²) in [7, 11) is -3.27. The molecule has 3 aromatic carbocycles. The van der Waals surface area contributed by atoms with Crippen LogP contribution in [-0.4, -0.2) is 21.5 Å². The lowest BCUT2D eigenvalue weighted by atomic mass is 9.94. The number of halogens is 1. The third kappa shape index (κ3) is 3.04. The molecule has 26 heavy (non-hydrogen) atoms. The first kappa shape index (κ1) is 16.6. The van der Waals surface area contributed by atoms with Gasteiger partial charge in [-0.3, -0.25) is 0 Å². The van der Waals surface area contributed by atoms with Gasteiger partial charge in [-0.05, 0) is 58.7 Å². The van der Waals surface area contributed by atoms with E-state index in [-0.39, 0.29) is 17.5 Å². The molecule has 0 radical (unpaired) electrons. The molecule has 1 aliphatic rings. The van der Waals surface area contributed by atoms with E-state index in [0.29, 0.717) is 17.1 Å². The maximum absolute atomic E-state index is 13.7. The molecule has 0 amide bonds. The number of benzene rings is 3. The van der Waals surface area contributed by atoms with Crippen LogP contribution < -0.4 is 9.47 Å². The normalized spacial score (nSPS) is 13.0. The maximum Gasteiger partial charge on any atom is 0.231 e. The number of ether oxygens (including phenoxy) is 2. The Labute approximate surface area is 150 Å². The molecule has 0 atom stereocenters. The Balaban J connectivity index is 1.90. The average Bonchev–Trinajstić information content (AvgIpc) is 3.07. The van der Waals surface area contributed by atoms with E-state index in [4.69, 9.17) is 9.47 Å². The first-order chi connectivity index (χ1) is 12.4. The van der Waals surface area contributed by atoms with Gasteiger partial charge in [-0.2, -0.15) is 0 Å². The maximum atomic E-state index is 13.7. The molecule has 0 N–H and O–H groups in total. The van der Waals surface area contributed by atoms with Crippen molar-refractivity contribution in [3.05, 3.63) is 66.5 Å². The fraction of sp³-hybridized carbons (Fsp3) is 0.100. The lowest BCUT2D eigenvalue weighted by molar-refractivity contribution is 0.174. The highest BCUT2D eigenvalue weighted by Gasteiger charge is 2.19. The minimum absolute atomic E-state index is 0.133. The van der Waals surface area contributed by atoms with Gasteiger partial charge in [-0.15, -0.1) is 0 Å². The average molecular weight is 370 g/mol. The number of fused-ring (bicyclic) bond motifs is 1. The summed E-state index contributed by atoms with van der Waals surface area (Å²) in [5, 5.41) is 0. The van der Waals surface area contributed by atoms with E-state index in [1.165, 1.54) is 18.4 Å². The molecular weight excluding hydrogens is 355 g/mol. The quantitative estimate of drug-likeness (QED) is 0.690. The van der Waals surface area contributed by atoms with Crippen LogP contribution in [-0.2, 0) is 9.84 Å². The van der Waals surface area contributed by atoms with E-state index in [9.17, 15) is 12.8 Å². The lowest BCUT2D eigenvalue weighted by Crippen LogP contribution is -1.96.